The zero-order chi connectivity index (χ0) is 16.6. The van der Waals surface area contributed by atoms with Gasteiger partial charge in [-0.2, -0.15) is 5.10 Å². The summed E-state index contributed by atoms with van der Waals surface area (Å²) in [5.41, 5.74) is 2.24. The summed E-state index contributed by atoms with van der Waals surface area (Å²) in [5.74, 6) is 1.27. The second kappa shape index (κ2) is 6.35. The Morgan fingerprint density at radius 1 is 1.57 bits per heavy atom. The van der Waals surface area contributed by atoms with Gasteiger partial charge >= 0.3 is 0 Å². The summed E-state index contributed by atoms with van der Waals surface area (Å²) in [6.07, 6.45) is 4.39. The predicted octanol–water partition coefficient (Wildman–Crippen LogP) is 2.94. The van der Waals surface area contributed by atoms with Crippen molar-refractivity contribution in [2.75, 3.05) is 7.05 Å². The van der Waals surface area contributed by atoms with Crippen LogP contribution in [0.2, 0.25) is 5.02 Å². The molecule has 2 aromatic rings. The zero-order valence-corrected chi connectivity index (χ0v) is 14.4. The van der Waals surface area contributed by atoms with Crippen LogP contribution in [-0.4, -0.2) is 32.8 Å². The summed E-state index contributed by atoms with van der Waals surface area (Å²) >= 11 is 6.18. The predicted molar refractivity (Wildman–Crippen MR) is 86.4 cm³/mol. The lowest BCUT2D eigenvalue weighted by molar-refractivity contribution is 0.0770. The molecule has 0 fully saturated rings. The first kappa shape index (κ1) is 16.1. The molecule has 1 amide bonds. The molecule has 0 radical (unpaired) electrons. The lowest BCUT2D eigenvalue weighted by Gasteiger charge is -2.19. The van der Waals surface area contributed by atoms with E-state index in [0.29, 0.717) is 29.7 Å². The molecule has 3 rings (SSSR count). The van der Waals surface area contributed by atoms with Crippen molar-refractivity contribution in [3.63, 3.8) is 0 Å². The van der Waals surface area contributed by atoms with Crippen molar-refractivity contribution < 1.29 is 9.32 Å². The van der Waals surface area contributed by atoms with Crippen LogP contribution in [0.5, 0.6) is 0 Å². The Labute approximate surface area is 140 Å². The molecule has 0 aliphatic heterocycles. The summed E-state index contributed by atoms with van der Waals surface area (Å²) in [6.45, 7) is 5.28. The van der Waals surface area contributed by atoms with Crippen molar-refractivity contribution in [1.29, 1.82) is 0 Å². The lowest BCUT2D eigenvalue weighted by atomic mass is 9.88. The Kier molecular flexibility index (Phi) is 4.43. The van der Waals surface area contributed by atoms with Crippen molar-refractivity contribution in [2.45, 2.75) is 46.2 Å². The molecule has 1 aliphatic carbocycles. The molecule has 0 bridgehead atoms. The van der Waals surface area contributed by atoms with Crippen LogP contribution in [0.4, 0.5) is 0 Å². The summed E-state index contributed by atoms with van der Waals surface area (Å²) in [5, 5.41) is 8.80. The Morgan fingerprint density at radius 2 is 2.35 bits per heavy atom. The third kappa shape index (κ3) is 3.00. The number of fused-ring (bicyclic) bond motifs is 1. The van der Waals surface area contributed by atoms with Crippen LogP contribution in [0, 0.1) is 5.92 Å². The van der Waals surface area contributed by atoms with Crippen LogP contribution < -0.4 is 0 Å². The maximum absolute atomic E-state index is 12.8. The molecular formula is C16H21ClN4O2. The molecular weight excluding hydrogens is 316 g/mol. The first-order valence-electron chi connectivity index (χ1n) is 7.94. The van der Waals surface area contributed by atoms with E-state index in [4.69, 9.17) is 16.1 Å². The van der Waals surface area contributed by atoms with E-state index in [1.807, 2.05) is 6.92 Å². The van der Waals surface area contributed by atoms with Gasteiger partial charge in [-0.25, -0.2) is 0 Å². The van der Waals surface area contributed by atoms with Gasteiger partial charge in [0.25, 0.3) is 5.91 Å². The minimum Gasteiger partial charge on any atom is -0.360 e. The average Bonchev–Trinajstić information content (AvgIpc) is 3.10. The normalized spacial score (nSPS) is 17.1. The highest BCUT2D eigenvalue weighted by molar-refractivity contribution is 6.31. The molecule has 2 aromatic heterocycles. The van der Waals surface area contributed by atoms with Gasteiger partial charge in [0.2, 0.25) is 0 Å². The van der Waals surface area contributed by atoms with Crippen molar-refractivity contribution in [1.82, 2.24) is 19.8 Å². The summed E-state index contributed by atoms with van der Waals surface area (Å²) < 4.78 is 7.17. The number of amides is 1. The van der Waals surface area contributed by atoms with Gasteiger partial charge in [0.1, 0.15) is 5.76 Å². The van der Waals surface area contributed by atoms with Gasteiger partial charge in [-0.05, 0) is 25.7 Å². The quantitative estimate of drug-likeness (QED) is 0.861. The summed E-state index contributed by atoms with van der Waals surface area (Å²) in [4.78, 5) is 14.4. The molecule has 1 aliphatic rings. The molecule has 6 nitrogen and oxygen atoms in total. The third-order valence-electron chi connectivity index (χ3n) is 4.42. The smallest absolute Gasteiger partial charge is 0.276 e. The highest BCUT2D eigenvalue weighted by Crippen LogP contribution is 2.28. The minimum absolute atomic E-state index is 0.135. The van der Waals surface area contributed by atoms with Gasteiger partial charge in [0, 0.05) is 25.6 Å². The standard InChI is InChI=1S/C16H21ClN4O2/c1-4-21-13(12(17)8-18-21)9-20(3)16(22)15-11-7-10(2)5-6-14(11)23-19-15/h8,10H,4-7,9H2,1-3H3. The SMILES string of the molecule is CCn1ncc(Cl)c1CN(C)C(=O)c1noc2c1CC(C)CC2. The molecule has 0 aromatic carbocycles. The van der Waals surface area contributed by atoms with Crippen LogP contribution in [0.25, 0.3) is 0 Å². The van der Waals surface area contributed by atoms with E-state index in [1.54, 1.807) is 22.8 Å². The number of rotatable bonds is 4. The van der Waals surface area contributed by atoms with Crippen LogP contribution in [0.1, 0.15) is 47.8 Å². The molecule has 0 spiro atoms. The Hall–Kier alpha value is -1.82. The Balaban J connectivity index is 1.81. The average molecular weight is 337 g/mol. The van der Waals surface area contributed by atoms with E-state index >= 15 is 0 Å². The van der Waals surface area contributed by atoms with Crippen LogP contribution in [-0.2, 0) is 25.9 Å². The maximum atomic E-state index is 12.8. The first-order valence-corrected chi connectivity index (χ1v) is 8.32. The van der Waals surface area contributed by atoms with Gasteiger partial charge in [0.05, 0.1) is 23.5 Å². The number of hydrogen-bond donors (Lipinski definition) is 0. The van der Waals surface area contributed by atoms with Crippen molar-refractivity contribution in [3.8, 4) is 0 Å². The molecule has 7 heteroatoms. The van der Waals surface area contributed by atoms with Gasteiger partial charge in [-0.15, -0.1) is 0 Å². The molecule has 1 atom stereocenters. The molecule has 124 valence electrons. The number of aryl methyl sites for hydroxylation is 2. The fourth-order valence-electron chi connectivity index (χ4n) is 3.04. The van der Waals surface area contributed by atoms with Crippen LogP contribution in [0.3, 0.4) is 0 Å². The molecule has 2 heterocycles. The second-order valence-electron chi connectivity index (χ2n) is 6.20. The van der Waals surface area contributed by atoms with Crippen LogP contribution >= 0.6 is 11.6 Å². The second-order valence-corrected chi connectivity index (χ2v) is 6.60. The van der Waals surface area contributed by atoms with Crippen molar-refractivity contribution in [3.05, 3.63) is 33.9 Å². The summed E-state index contributed by atoms with van der Waals surface area (Å²) in [6, 6.07) is 0. The number of carbonyl (C=O) groups excluding carboxylic acids is 1. The molecule has 0 saturated carbocycles. The zero-order valence-electron chi connectivity index (χ0n) is 13.7. The van der Waals surface area contributed by atoms with Gasteiger partial charge in [-0.1, -0.05) is 23.7 Å². The van der Waals surface area contributed by atoms with E-state index in [1.165, 1.54) is 0 Å². The van der Waals surface area contributed by atoms with E-state index in [2.05, 4.69) is 17.2 Å². The minimum atomic E-state index is -0.135. The van der Waals surface area contributed by atoms with E-state index in [9.17, 15) is 4.79 Å². The largest absolute Gasteiger partial charge is 0.360 e. The third-order valence-corrected chi connectivity index (χ3v) is 4.74. The number of nitrogens with zero attached hydrogens (tertiary/aromatic N) is 4. The molecule has 0 saturated heterocycles. The fourth-order valence-corrected chi connectivity index (χ4v) is 3.24. The van der Waals surface area contributed by atoms with Crippen molar-refractivity contribution in [2.24, 2.45) is 5.92 Å². The van der Waals surface area contributed by atoms with E-state index in [-0.39, 0.29) is 5.91 Å². The fraction of sp³-hybridized carbons (Fsp3) is 0.562. The van der Waals surface area contributed by atoms with E-state index < -0.39 is 0 Å². The first-order chi connectivity index (χ1) is 11.0. The van der Waals surface area contributed by atoms with Crippen molar-refractivity contribution >= 4 is 17.5 Å². The van der Waals surface area contributed by atoms with Crippen LogP contribution in [0.15, 0.2) is 10.7 Å². The molecule has 23 heavy (non-hydrogen) atoms. The Morgan fingerprint density at radius 3 is 3.09 bits per heavy atom. The lowest BCUT2D eigenvalue weighted by Crippen LogP contribution is -2.29. The maximum Gasteiger partial charge on any atom is 0.276 e. The molecule has 0 N–H and O–H groups in total. The number of hydrogen-bond acceptors (Lipinski definition) is 4. The topological polar surface area (TPSA) is 64.2 Å². The monoisotopic (exact) mass is 336 g/mol. The highest BCUT2D eigenvalue weighted by Gasteiger charge is 2.29. The van der Waals surface area contributed by atoms with Gasteiger partial charge < -0.3 is 9.42 Å². The van der Waals surface area contributed by atoms with E-state index in [0.717, 1.165) is 36.3 Å². The summed E-state index contributed by atoms with van der Waals surface area (Å²) in [7, 11) is 1.75. The number of aromatic nitrogens is 3. The number of halogens is 1. The number of carbonyl (C=O) groups is 1. The van der Waals surface area contributed by atoms with Gasteiger partial charge in [0.15, 0.2) is 5.69 Å². The highest BCUT2D eigenvalue weighted by atomic mass is 35.5. The van der Waals surface area contributed by atoms with Gasteiger partial charge in [-0.3, -0.25) is 9.48 Å². The Bertz CT molecular complexity index is 722. The molecule has 1 unspecified atom stereocenters.